The van der Waals surface area contributed by atoms with Crippen molar-refractivity contribution in [3.8, 4) is 11.5 Å². The van der Waals surface area contributed by atoms with E-state index in [1.807, 2.05) is 6.07 Å². The van der Waals surface area contributed by atoms with E-state index in [2.05, 4.69) is 0 Å². The van der Waals surface area contributed by atoms with Gasteiger partial charge in [0.05, 0.1) is 26.3 Å². The Bertz CT molecular complexity index is 700. The van der Waals surface area contributed by atoms with Crippen LogP contribution in [0.2, 0.25) is 0 Å². The first-order valence-corrected chi connectivity index (χ1v) is 6.80. The average Bonchev–Trinajstić information content (AvgIpc) is 2.60. The summed E-state index contributed by atoms with van der Waals surface area (Å²) in [4.78, 5) is 23.6. The van der Waals surface area contributed by atoms with Gasteiger partial charge in [0.1, 0.15) is 0 Å². The van der Waals surface area contributed by atoms with Gasteiger partial charge in [-0.2, -0.15) is 0 Å². The largest absolute Gasteiger partial charge is 0.493 e. The maximum Gasteiger partial charge on any atom is 0.282 e. The van der Waals surface area contributed by atoms with Crippen LogP contribution in [0.15, 0.2) is 42.5 Å². The normalized spacial score (nSPS) is 10.0. The molecule has 2 aromatic carbocycles. The molecule has 2 rings (SSSR count). The van der Waals surface area contributed by atoms with Crippen LogP contribution in [0.4, 0.5) is 0 Å². The number of carbonyl (C=O) groups excluding carboxylic acids is 2. The molecule has 0 bridgehead atoms. The lowest BCUT2D eigenvalue weighted by molar-refractivity contribution is -0.0650. The minimum absolute atomic E-state index is 0.0141. The summed E-state index contributed by atoms with van der Waals surface area (Å²) >= 11 is 0. The van der Waals surface area contributed by atoms with Gasteiger partial charge in [-0.3, -0.25) is 14.8 Å². The zero-order valence-electron chi connectivity index (χ0n) is 12.8. The zero-order valence-corrected chi connectivity index (χ0v) is 12.8. The van der Waals surface area contributed by atoms with Crippen molar-refractivity contribution in [1.82, 2.24) is 5.06 Å². The Labute approximate surface area is 133 Å². The van der Waals surface area contributed by atoms with E-state index in [4.69, 9.17) is 9.47 Å². The summed E-state index contributed by atoms with van der Waals surface area (Å²) in [5.74, 6) is -0.420. The van der Waals surface area contributed by atoms with Gasteiger partial charge in [-0.25, -0.2) is 5.06 Å². The number of hydrogen-bond donors (Lipinski definition) is 1. The van der Waals surface area contributed by atoms with Gasteiger partial charge in [-0.05, 0) is 17.7 Å². The predicted octanol–water partition coefficient (Wildman–Crippen LogP) is 2.19. The van der Waals surface area contributed by atoms with E-state index < -0.39 is 5.91 Å². The zero-order chi connectivity index (χ0) is 16.8. The molecule has 0 saturated heterocycles. The molecule has 1 N–H and O–H groups in total. The molecule has 2 aromatic rings. The van der Waals surface area contributed by atoms with Crippen LogP contribution in [-0.4, -0.2) is 36.7 Å². The van der Waals surface area contributed by atoms with Gasteiger partial charge < -0.3 is 9.47 Å². The summed E-state index contributed by atoms with van der Waals surface area (Å²) in [6, 6.07) is 11.8. The Hall–Kier alpha value is -2.86. The van der Waals surface area contributed by atoms with Crippen LogP contribution in [0.5, 0.6) is 11.5 Å². The lowest BCUT2D eigenvalue weighted by atomic mass is 10.1. The molecule has 119 valence electrons. The van der Waals surface area contributed by atoms with Crippen LogP contribution in [0.1, 0.15) is 21.5 Å². The van der Waals surface area contributed by atoms with Crippen molar-refractivity contribution >= 4 is 12.2 Å². The van der Waals surface area contributed by atoms with E-state index in [1.165, 1.54) is 26.4 Å². The van der Waals surface area contributed by atoms with E-state index in [1.54, 1.807) is 30.6 Å². The molecule has 0 unspecified atom stereocenters. The molecule has 0 saturated carbocycles. The third-order valence-electron chi connectivity index (χ3n) is 3.28. The number of methoxy groups -OCH3 is 2. The summed E-state index contributed by atoms with van der Waals surface area (Å²) < 4.78 is 10.3. The number of rotatable bonds is 6. The summed E-state index contributed by atoms with van der Waals surface area (Å²) in [6.45, 7) is -0.0294. The molecule has 0 heterocycles. The van der Waals surface area contributed by atoms with Gasteiger partial charge in [0, 0.05) is 5.56 Å². The highest BCUT2D eigenvalue weighted by Crippen LogP contribution is 2.33. The fourth-order valence-electron chi connectivity index (χ4n) is 2.18. The topological polar surface area (TPSA) is 76.1 Å². The molecule has 0 aliphatic carbocycles. The highest BCUT2D eigenvalue weighted by atomic mass is 16.5. The van der Waals surface area contributed by atoms with E-state index in [0.29, 0.717) is 5.06 Å². The van der Waals surface area contributed by atoms with E-state index in [-0.39, 0.29) is 29.2 Å². The minimum atomic E-state index is -0.775. The van der Waals surface area contributed by atoms with E-state index in [0.717, 1.165) is 5.56 Å². The van der Waals surface area contributed by atoms with Gasteiger partial charge in [0.25, 0.3) is 5.91 Å². The van der Waals surface area contributed by atoms with Gasteiger partial charge in [0.2, 0.25) is 6.29 Å². The van der Waals surface area contributed by atoms with Crippen molar-refractivity contribution in [2.75, 3.05) is 14.2 Å². The molecule has 0 aromatic heterocycles. The summed E-state index contributed by atoms with van der Waals surface area (Å²) in [5.41, 5.74) is 0.627. The second-order valence-electron chi connectivity index (χ2n) is 4.67. The molecular weight excluding hydrogens is 298 g/mol. The van der Waals surface area contributed by atoms with Crippen LogP contribution in [-0.2, 0) is 11.3 Å². The summed E-state index contributed by atoms with van der Waals surface area (Å²) in [7, 11) is 2.76. The maximum absolute atomic E-state index is 12.5. The summed E-state index contributed by atoms with van der Waals surface area (Å²) in [6.07, 6.45) is 1.68. The van der Waals surface area contributed by atoms with Crippen molar-refractivity contribution in [3.63, 3.8) is 0 Å². The number of ether oxygens (including phenoxy) is 2. The first kappa shape index (κ1) is 16.5. The first-order chi connectivity index (χ1) is 11.1. The fraction of sp³-hybridized carbons (Fsp3) is 0.176. The molecule has 0 fully saturated rings. The molecule has 0 aliphatic rings. The van der Waals surface area contributed by atoms with Crippen molar-refractivity contribution in [2.45, 2.75) is 6.54 Å². The first-order valence-electron chi connectivity index (χ1n) is 6.80. The Morgan fingerprint density at radius 2 is 1.83 bits per heavy atom. The monoisotopic (exact) mass is 314 g/mol. The van der Waals surface area contributed by atoms with Crippen LogP contribution >= 0.6 is 0 Å². The van der Waals surface area contributed by atoms with E-state index >= 15 is 0 Å². The Kier molecular flexibility index (Phi) is 5.32. The second-order valence-corrected chi connectivity index (χ2v) is 4.67. The fourth-order valence-corrected chi connectivity index (χ4v) is 2.18. The number of hydrogen-bond acceptors (Lipinski definition) is 5. The van der Waals surface area contributed by atoms with Gasteiger partial charge in [-0.1, -0.05) is 30.3 Å². The number of carbonyl (C=O) groups is 1. The molecule has 1 amide bonds. The van der Waals surface area contributed by atoms with Gasteiger partial charge in [-0.15, -0.1) is 0 Å². The van der Waals surface area contributed by atoms with Crippen molar-refractivity contribution < 1.29 is 24.3 Å². The van der Waals surface area contributed by atoms with Crippen molar-refractivity contribution in [1.29, 1.82) is 0 Å². The number of amides is 1. The SMILES string of the molecule is COc1ccc([C]=O)c(C(=O)N(O)Cc2ccccc2)c1OC. The van der Waals surface area contributed by atoms with Gasteiger partial charge >= 0.3 is 0 Å². The smallest absolute Gasteiger partial charge is 0.282 e. The standard InChI is InChI=1S/C17H16NO5/c1-22-14-9-8-13(11-19)15(16(14)23-2)17(20)18(21)10-12-6-4-3-5-7-12/h3-9,21H,10H2,1-2H3. The maximum atomic E-state index is 12.5. The van der Waals surface area contributed by atoms with Crippen molar-refractivity contribution in [3.05, 3.63) is 59.2 Å². The second kappa shape index (κ2) is 7.42. The Morgan fingerprint density at radius 1 is 1.13 bits per heavy atom. The lowest BCUT2D eigenvalue weighted by Crippen LogP contribution is -2.28. The molecule has 0 spiro atoms. The molecule has 6 heteroatoms. The minimum Gasteiger partial charge on any atom is -0.493 e. The highest BCUT2D eigenvalue weighted by molar-refractivity contribution is 6.04. The van der Waals surface area contributed by atoms with Crippen LogP contribution in [0.25, 0.3) is 0 Å². The highest BCUT2D eigenvalue weighted by Gasteiger charge is 2.25. The van der Waals surface area contributed by atoms with E-state index in [9.17, 15) is 14.8 Å². The number of nitrogens with zero attached hydrogens (tertiary/aromatic N) is 1. The lowest BCUT2D eigenvalue weighted by Gasteiger charge is -2.19. The van der Waals surface area contributed by atoms with Crippen LogP contribution in [0, 0.1) is 0 Å². The molecular formula is C17H16NO5. The average molecular weight is 314 g/mol. The Morgan fingerprint density at radius 3 is 2.39 bits per heavy atom. The third-order valence-corrected chi connectivity index (χ3v) is 3.28. The van der Waals surface area contributed by atoms with Gasteiger partial charge in [0.15, 0.2) is 11.5 Å². The van der Waals surface area contributed by atoms with Crippen LogP contribution < -0.4 is 9.47 Å². The molecule has 1 radical (unpaired) electrons. The molecule has 0 aliphatic heterocycles. The number of hydroxylamine groups is 2. The molecule has 23 heavy (non-hydrogen) atoms. The third kappa shape index (κ3) is 3.49. The number of benzene rings is 2. The Balaban J connectivity index is 2.39. The summed E-state index contributed by atoms with van der Waals surface area (Å²) in [5, 5.41) is 10.6. The van der Waals surface area contributed by atoms with Crippen molar-refractivity contribution in [2.24, 2.45) is 0 Å². The quantitative estimate of drug-likeness (QED) is 0.653. The predicted molar refractivity (Wildman–Crippen MR) is 82.4 cm³/mol. The van der Waals surface area contributed by atoms with Crippen LogP contribution in [0.3, 0.4) is 0 Å². The molecule has 0 atom stereocenters. The molecule has 6 nitrogen and oxygen atoms in total.